The number of hydrogen-bond acceptors (Lipinski definition) is 8. The molecule has 0 saturated heterocycles. The molecule has 0 aliphatic heterocycles. The fraction of sp³-hybridized carbons (Fsp3) is 0.200. The molecule has 0 radical (unpaired) electrons. The molecule has 0 aliphatic carbocycles. The van der Waals surface area contributed by atoms with Crippen LogP contribution >= 0.6 is 23.1 Å². The molecule has 0 saturated carbocycles. The molecule has 0 unspecified atom stereocenters. The molecule has 148 valence electrons. The van der Waals surface area contributed by atoms with Crippen molar-refractivity contribution in [2.75, 3.05) is 11.1 Å². The fourth-order valence-electron chi connectivity index (χ4n) is 3.00. The van der Waals surface area contributed by atoms with Crippen molar-refractivity contribution in [3.8, 4) is 5.82 Å². The number of hydrogen-bond donors (Lipinski definition) is 1. The highest BCUT2D eigenvalue weighted by Crippen LogP contribution is 2.28. The van der Waals surface area contributed by atoms with E-state index in [1.165, 1.54) is 23.1 Å². The summed E-state index contributed by atoms with van der Waals surface area (Å²) in [6.07, 6.45) is 3.38. The van der Waals surface area contributed by atoms with Gasteiger partial charge in [0.25, 0.3) is 0 Å². The third kappa shape index (κ3) is 4.41. The maximum absolute atomic E-state index is 12.8. The van der Waals surface area contributed by atoms with E-state index in [2.05, 4.69) is 20.5 Å². The van der Waals surface area contributed by atoms with Crippen molar-refractivity contribution in [2.24, 2.45) is 0 Å². The van der Waals surface area contributed by atoms with E-state index in [0.717, 1.165) is 27.3 Å². The number of carbonyl (C=O) groups excluding carboxylic acids is 1. The number of ketones is 1. The highest BCUT2D eigenvalue weighted by molar-refractivity contribution is 8.01. The summed E-state index contributed by atoms with van der Waals surface area (Å²) in [6, 6.07) is 11.4. The molecule has 4 rings (SSSR count). The molecule has 7 nitrogen and oxygen atoms in total. The standard InChI is InChI=1S/C20H19N5O2S2/c1-13-10-16(14(2)25(13)18-7-3-4-8-21-18)17(26)12-28-20-24-23-19(29-20)22-11-15-6-5-9-27-15/h3-10H,11-12H2,1-2H3,(H,22,23). The van der Waals surface area contributed by atoms with Crippen molar-refractivity contribution in [1.82, 2.24) is 19.7 Å². The van der Waals surface area contributed by atoms with Gasteiger partial charge >= 0.3 is 0 Å². The molecular formula is C20H19N5O2S2. The first-order valence-corrected chi connectivity index (χ1v) is 10.8. The second-order valence-corrected chi connectivity index (χ2v) is 8.53. The summed E-state index contributed by atoms with van der Waals surface area (Å²) in [4.78, 5) is 17.2. The fourth-order valence-corrected chi connectivity index (χ4v) is 4.64. The van der Waals surface area contributed by atoms with E-state index < -0.39 is 0 Å². The molecular weight excluding hydrogens is 406 g/mol. The quantitative estimate of drug-likeness (QED) is 0.328. The average molecular weight is 426 g/mol. The van der Waals surface area contributed by atoms with Gasteiger partial charge in [0.2, 0.25) is 5.13 Å². The van der Waals surface area contributed by atoms with Gasteiger partial charge in [-0.1, -0.05) is 29.2 Å². The van der Waals surface area contributed by atoms with Crippen LogP contribution in [0.25, 0.3) is 5.82 Å². The van der Waals surface area contributed by atoms with E-state index in [9.17, 15) is 4.79 Å². The minimum Gasteiger partial charge on any atom is -0.467 e. The zero-order valence-corrected chi connectivity index (χ0v) is 17.6. The lowest BCUT2D eigenvalue weighted by Gasteiger charge is -2.08. The van der Waals surface area contributed by atoms with Crippen LogP contribution in [0.15, 0.2) is 57.6 Å². The molecule has 29 heavy (non-hydrogen) atoms. The number of nitrogens with zero attached hydrogens (tertiary/aromatic N) is 4. The Labute approximate surface area is 176 Å². The number of furan rings is 1. The minimum absolute atomic E-state index is 0.0607. The first kappa shape index (κ1) is 19.4. The summed E-state index contributed by atoms with van der Waals surface area (Å²) >= 11 is 2.82. The second-order valence-electron chi connectivity index (χ2n) is 6.33. The van der Waals surface area contributed by atoms with Crippen LogP contribution in [0.2, 0.25) is 0 Å². The van der Waals surface area contributed by atoms with Crippen LogP contribution in [-0.2, 0) is 6.54 Å². The summed E-state index contributed by atoms with van der Waals surface area (Å²) < 4.78 is 8.03. The molecule has 4 aromatic heterocycles. The highest BCUT2D eigenvalue weighted by atomic mass is 32.2. The molecule has 1 N–H and O–H groups in total. The lowest BCUT2D eigenvalue weighted by molar-refractivity contribution is 0.102. The molecule has 9 heteroatoms. The van der Waals surface area contributed by atoms with Crippen molar-refractivity contribution in [1.29, 1.82) is 0 Å². The van der Waals surface area contributed by atoms with Gasteiger partial charge in [-0.3, -0.25) is 4.79 Å². The summed E-state index contributed by atoms with van der Waals surface area (Å²) in [5.41, 5.74) is 2.58. The largest absolute Gasteiger partial charge is 0.467 e. The van der Waals surface area contributed by atoms with E-state index in [0.29, 0.717) is 23.0 Å². The van der Waals surface area contributed by atoms with Gasteiger partial charge < -0.3 is 14.3 Å². The normalized spacial score (nSPS) is 11.0. The summed E-state index contributed by atoms with van der Waals surface area (Å²) in [5, 5.41) is 12.1. The van der Waals surface area contributed by atoms with Gasteiger partial charge in [0.1, 0.15) is 11.6 Å². The van der Waals surface area contributed by atoms with Gasteiger partial charge in [0.05, 0.1) is 18.6 Å². The number of carbonyl (C=O) groups is 1. The van der Waals surface area contributed by atoms with E-state index in [1.807, 2.05) is 54.8 Å². The van der Waals surface area contributed by atoms with Gasteiger partial charge in [0.15, 0.2) is 10.1 Å². The predicted molar refractivity (Wildman–Crippen MR) is 114 cm³/mol. The zero-order valence-electron chi connectivity index (χ0n) is 16.0. The molecule has 0 aliphatic rings. The Morgan fingerprint density at radius 2 is 2.14 bits per heavy atom. The molecule has 0 fully saturated rings. The zero-order chi connectivity index (χ0) is 20.2. The van der Waals surface area contributed by atoms with Crippen molar-refractivity contribution in [3.63, 3.8) is 0 Å². The van der Waals surface area contributed by atoms with E-state index in [4.69, 9.17) is 4.42 Å². The maximum atomic E-state index is 12.8. The lowest BCUT2D eigenvalue weighted by Crippen LogP contribution is -2.06. The van der Waals surface area contributed by atoms with Crippen LogP contribution in [0.4, 0.5) is 5.13 Å². The van der Waals surface area contributed by atoms with Crippen LogP contribution in [0.1, 0.15) is 27.5 Å². The Kier molecular flexibility index (Phi) is 5.77. The van der Waals surface area contributed by atoms with Crippen LogP contribution in [-0.4, -0.2) is 31.3 Å². The van der Waals surface area contributed by atoms with E-state index in [-0.39, 0.29) is 5.78 Å². The molecule has 4 aromatic rings. The van der Waals surface area contributed by atoms with Crippen molar-refractivity contribution >= 4 is 34.0 Å². The number of anilines is 1. The lowest BCUT2D eigenvalue weighted by atomic mass is 10.2. The summed E-state index contributed by atoms with van der Waals surface area (Å²) in [5.74, 6) is 2.00. The number of nitrogens with one attached hydrogen (secondary N) is 1. The Bertz CT molecular complexity index is 1100. The molecule has 0 bridgehead atoms. The molecule has 0 amide bonds. The number of thioether (sulfide) groups is 1. The van der Waals surface area contributed by atoms with Crippen LogP contribution < -0.4 is 5.32 Å². The third-order valence-corrected chi connectivity index (χ3v) is 6.35. The predicted octanol–water partition coefficient (Wildman–Crippen LogP) is 4.52. The monoisotopic (exact) mass is 425 g/mol. The van der Waals surface area contributed by atoms with Crippen LogP contribution in [0.3, 0.4) is 0 Å². The number of Topliss-reactive ketones (excluding diaryl/α,β-unsaturated/α-hetero) is 1. The Morgan fingerprint density at radius 3 is 2.90 bits per heavy atom. The van der Waals surface area contributed by atoms with Crippen molar-refractivity contribution in [3.05, 3.63) is 71.6 Å². The van der Waals surface area contributed by atoms with Crippen LogP contribution in [0, 0.1) is 13.8 Å². The number of rotatable bonds is 8. The average Bonchev–Trinajstić information content (AvgIpc) is 3.46. The van der Waals surface area contributed by atoms with Gasteiger partial charge in [-0.25, -0.2) is 4.98 Å². The van der Waals surface area contributed by atoms with Crippen molar-refractivity contribution in [2.45, 2.75) is 24.7 Å². The molecule has 0 spiro atoms. The number of aryl methyl sites for hydroxylation is 1. The SMILES string of the molecule is Cc1cc(C(=O)CSc2nnc(NCc3ccco3)s2)c(C)n1-c1ccccn1. The van der Waals surface area contributed by atoms with Gasteiger partial charge in [-0.05, 0) is 44.2 Å². The van der Waals surface area contributed by atoms with E-state index >= 15 is 0 Å². The van der Waals surface area contributed by atoms with Gasteiger partial charge in [-0.15, -0.1) is 10.2 Å². The molecule has 4 heterocycles. The maximum Gasteiger partial charge on any atom is 0.206 e. The van der Waals surface area contributed by atoms with Gasteiger partial charge in [0, 0.05) is 23.1 Å². The smallest absolute Gasteiger partial charge is 0.206 e. The third-order valence-electron chi connectivity index (χ3n) is 4.34. The second kappa shape index (κ2) is 8.62. The van der Waals surface area contributed by atoms with Crippen molar-refractivity contribution < 1.29 is 9.21 Å². The first-order chi connectivity index (χ1) is 14.1. The number of pyridine rings is 1. The Hall–Kier alpha value is -2.91. The van der Waals surface area contributed by atoms with Crippen LogP contribution in [0.5, 0.6) is 0 Å². The molecule has 0 atom stereocenters. The first-order valence-electron chi connectivity index (χ1n) is 8.98. The Balaban J connectivity index is 1.39. The number of aromatic nitrogens is 4. The highest BCUT2D eigenvalue weighted by Gasteiger charge is 2.18. The Morgan fingerprint density at radius 1 is 1.24 bits per heavy atom. The summed E-state index contributed by atoms with van der Waals surface area (Å²) in [7, 11) is 0. The summed E-state index contributed by atoms with van der Waals surface area (Å²) in [6.45, 7) is 4.47. The van der Waals surface area contributed by atoms with E-state index in [1.54, 1.807) is 12.5 Å². The topological polar surface area (TPSA) is 85.8 Å². The molecule has 0 aromatic carbocycles. The van der Waals surface area contributed by atoms with Gasteiger partial charge in [-0.2, -0.15) is 0 Å². The minimum atomic E-state index is 0.0607.